The summed E-state index contributed by atoms with van der Waals surface area (Å²) < 4.78 is 0. The van der Waals surface area contributed by atoms with Gasteiger partial charge in [-0.15, -0.1) is 0 Å². The largest absolute Gasteiger partial charge is 0.253 e. The Morgan fingerprint density at radius 3 is 2.69 bits per heavy atom. The van der Waals surface area contributed by atoms with Crippen molar-refractivity contribution in [2.45, 2.75) is 13.8 Å². The molecule has 0 unspecified atom stereocenters. The molecule has 0 fully saturated rings. The molecule has 0 N–H and O–H groups in total. The first-order chi connectivity index (χ1) is 6.16. The number of fused-ring (bicyclic) bond motifs is 1. The number of hydrogen-bond donors (Lipinski definition) is 0. The van der Waals surface area contributed by atoms with Crippen molar-refractivity contribution >= 4 is 24.2 Å². The van der Waals surface area contributed by atoms with Gasteiger partial charge in [-0.3, -0.25) is 4.98 Å². The highest BCUT2D eigenvalue weighted by molar-refractivity contribution is 6.33. The lowest BCUT2D eigenvalue weighted by molar-refractivity contribution is 1.20. The first-order valence-corrected chi connectivity index (χ1v) is 4.30. The molecule has 0 bridgehead atoms. The molecule has 2 radical (unpaired) electrons. The monoisotopic (exact) mass is 167 g/mol. The Morgan fingerprint density at radius 1 is 1.15 bits per heavy atom. The van der Waals surface area contributed by atoms with Crippen LogP contribution in [0.1, 0.15) is 11.3 Å². The standard InChI is InChI=1S/C11H10BN/c1-7-5-9-6-10(12)3-4-11(9)13-8(7)2/h3-6H,1-2H3. The number of aromatic nitrogens is 1. The molecule has 0 aliphatic carbocycles. The predicted molar refractivity (Wildman–Crippen MR) is 56.6 cm³/mol. The quantitative estimate of drug-likeness (QED) is 0.543. The lowest BCUT2D eigenvalue weighted by Gasteiger charge is -2.03. The van der Waals surface area contributed by atoms with Gasteiger partial charge in [0.15, 0.2) is 0 Å². The van der Waals surface area contributed by atoms with E-state index < -0.39 is 0 Å². The summed E-state index contributed by atoms with van der Waals surface area (Å²) in [6.07, 6.45) is 0. The van der Waals surface area contributed by atoms with Gasteiger partial charge >= 0.3 is 0 Å². The minimum absolute atomic E-state index is 0.789. The minimum Gasteiger partial charge on any atom is -0.253 e. The van der Waals surface area contributed by atoms with Crippen molar-refractivity contribution in [2.24, 2.45) is 0 Å². The smallest absolute Gasteiger partial charge is 0.113 e. The molecule has 2 heteroatoms. The van der Waals surface area contributed by atoms with Crippen LogP contribution in [0.25, 0.3) is 10.9 Å². The van der Waals surface area contributed by atoms with Gasteiger partial charge in [0.1, 0.15) is 7.85 Å². The molecular weight excluding hydrogens is 157 g/mol. The second-order valence-electron chi connectivity index (χ2n) is 3.34. The molecule has 0 atom stereocenters. The van der Waals surface area contributed by atoms with E-state index in [1.165, 1.54) is 5.56 Å². The van der Waals surface area contributed by atoms with Gasteiger partial charge < -0.3 is 0 Å². The van der Waals surface area contributed by atoms with E-state index in [-0.39, 0.29) is 0 Å². The third kappa shape index (κ3) is 1.44. The van der Waals surface area contributed by atoms with E-state index in [1.54, 1.807) is 0 Å². The highest BCUT2D eigenvalue weighted by Crippen LogP contribution is 2.13. The molecule has 0 aliphatic heterocycles. The summed E-state index contributed by atoms with van der Waals surface area (Å²) in [6, 6.07) is 7.91. The number of benzene rings is 1. The van der Waals surface area contributed by atoms with Crippen LogP contribution in [-0.2, 0) is 0 Å². The summed E-state index contributed by atoms with van der Waals surface area (Å²) in [6.45, 7) is 4.08. The summed E-state index contributed by atoms with van der Waals surface area (Å²) in [5, 5.41) is 1.11. The Bertz CT molecular complexity index is 463. The van der Waals surface area contributed by atoms with Gasteiger partial charge in [0.2, 0.25) is 0 Å². The molecule has 2 rings (SSSR count). The fourth-order valence-electron chi connectivity index (χ4n) is 1.40. The Kier molecular flexibility index (Phi) is 1.84. The molecule has 1 aromatic heterocycles. The zero-order chi connectivity index (χ0) is 9.42. The average molecular weight is 167 g/mol. The normalized spacial score (nSPS) is 10.6. The van der Waals surface area contributed by atoms with E-state index in [1.807, 2.05) is 25.1 Å². The van der Waals surface area contributed by atoms with Gasteiger partial charge in [-0.25, -0.2) is 0 Å². The molecular formula is C11H10BN. The molecule has 2 aromatic rings. The van der Waals surface area contributed by atoms with Gasteiger partial charge in [0.05, 0.1) is 5.52 Å². The van der Waals surface area contributed by atoms with Crippen LogP contribution < -0.4 is 5.46 Å². The Morgan fingerprint density at radius 2 is 1.92 bits per heavy atom. The number of aryl methyl sites for hydroxylation is 2. The van der Waals surface area contributed by atoms with Gasteiger partial charge in [0, 0.05) is 5.69 Å². The van der Waals surface area contributed by atoms with Crippen LogP contribution in [0.2, 0.25) is 0 Å². The number of rotatable bonds is 0. The third-order valence-corrected chi connectivity index (χ3v) is 2.28. The second-order valence-corrected chi connectivity index (χ2v) is 3.34. The van der Waals surface area contributed by atoms with Crippen molar-refractivity contribution in [1.29, 1.82) is 0 Å². The second kappa shape index (κ2) is 2.88. The van der Waals surface area contributed by atoms with Gasteiger partial charge in [-0.2, -0.15) is 0 Å². The average Bonchev–Trinajstić information content (AvgIpc) is 2.08. The zero-order valence-electron chi connectivity index (χ0n) is 7.83. The first kappa shape index (κ1) is 8.30. The highest BCUT2D eigenvalue weighted by Gasteiger charge is 1.98. The number of hydrogen-bond acceptors (Lipinski definition) is 1. The fourth-order valence-corrected chi connectivity index (χ4v) is 1.40. The molecule has 0 aliphatic rings. The topological polar surface area (TPSA) is 12.9 Å². The van der Waals surface area contributed by atoms with Crippen LogP contribution >= 0.6 is 0 Å². The van der Waals surface area contributed by atoms with Crippen molar-refractivity contribution in [2.75, 3.05) is 0 Å². The Labute approximate surface area is 79.2 Å². The van der Waals surface area contributed by atoms with Crippen LogP contribution in [0.3, 0.4) is 0 Å². The van der Waals surface area contributed by atoms with Gasteiger partial charge in [-0.1, -0.05) is 17.6 Å². The summed E-state index contributed by atoms with van der Waals surface area (Å²) in [4.78, 5) is 4.46. The Hall–Kier alpha value is -1.31. The van der Waals surface area contributed by atoms with Crippen LogP contribution in [-0.4, -0.2) is 12.8 Å². The van der Waals surface area contributed by atoms with Gasteiger partial charge in [0.25, 0.3) is 0 Å². The van der Waals surface area contributed by atoms with E-state index in [2.05, 4.69) is 18.0 Å². The van der Waals surface area contributed by atoms with Crippen molar-refractivity contribution < 1.29 is 0 Å². The van der Waals surface area contributed by atoms with Crippen LogP contribution in [0.4, 0.5) is 0 Å². The van der Waals surface area contributed by atoms with E-state index in [9.17, 15) is 0 Å². The molecule has 0 spiro atoms. The van der Waals surface area contributed by atoms with Crippen LogP contribution in [0.5, 0.6) is 0 Å². The summed E-state index contributed by atoms with van der Waals surface area (Å²) >= 11 is 0. The number of pyridine rings is 1. The lowest BCUT2D eigenvalue weighted by Crippen LogP contribution is -2.01. The summed E-state index contributed by atoms with van der Waals surface area (Å²) in [5.41, 5.74) is 4.09. The molecule has 1 aromatic carbocycles. The molecule has 13 heavy (non-hydrogen) atoms. The van der Waals surface area contributed by atoms with E-state index in [0.29, 0.717) is 0 Å². The molecule has 0 saturated heterocycles. The molecule has 1 heterocycles. The van der Waals surface area contributed by atoms with E-state index in [4.69, 9.17) is 7.85 Å². The maximum Gasteiger partial charge on any atom is 0.113 e. The van der Waals surface area contributed by atoms with Crippen molar-refractivity contribution in [3.8, 4) is 0 Å². The first-order valence-electron chi connectivity index (χ1n) is 4.30. The van der Waals surface area contributed by atoms with Crippen molar-refractivity contribution in [3.05, 3.63) is 35.5 Å². The summed E-state index contributed by atoms with van der Waals surface area (Å²) in [5.74, 6) is 0. The minimum atomic E-state index is 0.789. The third-order valence-electron chi connectivity index (χ3n) is 2.28. The van der Waals surface area contributed by atoms with E-state index in [0.717, 1.165) is 22.1 Å². The molecule has 0 saturated carbocycles. The lowest BCUT2D eigenvalue weighted by atomic mass is 9.94. The van der Waals surface area contributed by atoms with Crippen LogP contribution in [0, 0.1) is 13.8 Å². The zero-order valence-corrected chi connectivity index (χ0v) is 7.83. The molecule has 0 amide bonds. The van der Waals surface area contributed by atoms with Gasteiger partial charge in [-0.05, 0) is 36.9 Å². The SMILES string of the molecule is [B]c1ccc2nc(C)c(C)cc2c1. The van der Waals surface area contributed by atoms with E-state index >= 15 is 0 Å². The summed E-state index contributed by atoms with van der Waals surface area (Å²) in [7, 11) is 5.68. The molecule has 62 valence electrons. The Balaban J connectivity index is 2.81. The fraction of sp³-hybridized carbons (Fsp3) is 0.182. The molecule has 1 nitrogen and oxygen atoms in total. The maximum atomic E-state index is 5.68. The van der Waals surface area contributed by atoms with Crippen LogP contribution in [0.15, 0.2) is 24.3 Å². The van der Waals surface area contributed by atoms with Crippen molar-refractivity contribution in [3.63, 3.8) is 0 Å². The maximum absolute atomic E-state index is 5.68. The van der Waals surface area contributed by atoms with Crippen molar-refractivity contribution in [1.82, 2.24) is 4.98 Å². The number of nitrogens with zero attached hydrogens (tertiary/aromatic N) is 1. The predicted octanol–water partition coefficient (Wildman–Crippen LogP) is 1.65. The highest BCUT2D eigenvalue weighted by atomic mass is 14.7.